The van der Waals surface area contributed by atoms with Gasteiger partial charge in [0.2, 0.25) is 0 Å². The lowest BCUT2D eigenvalue weighted by Gasteiger charge is -2.51. The zero-order valence-electron chi connectivity index (χ0n) is 11.6. The van der Waals surface area contributed by atoms with Gasteiger partial charge in [-0.15, -0.1) is 11.6 Å². The van der Waals surface area contributed by atoms with E-state index in [9.17, 15) is 57.9 Å². The van der Waals surface area contributed by atoms with E-state index in [-0.39, 0.29) is 0 Å². The Morgan fingerprint density at radius 2 is 1.00 bits per heavy atom. The topological polar surface area (TPSA) is 52.6 Å². The third-order valence-corrected chi connectivity index (χ3v) is 3.32. The number of alkyl halides is 12. The van der Waals surface area contributed by atoms with Gasteiger partial charge in [0.1, 0.15) is 5.88 Å². The molecule has 26 heavy (non-hydrogen) atoms. The minimum Gasteiger partial charge on any atom is -0.453 e. The van der Waals surface area contributed by atoms with Crippen LogP contribution in [0.15, 0.2) is 0 Å². The molecular weight excluding hydrogens is 429 g/mol. The maximum absolute atomic E-state index is 13.9. The van der Waals surface area contributed by atoms with Crippen LogP contribution in [0.3, 0.4) is 0 Å². The van der Waals surface area contributed by atoms with Gasteiger partial charge >= 0.3 is 47.4 Å². The van der Waals surface area contributed by atoms with Gasteiger partial charge in [-0.05, 0) is 0 Å². The smallest absolute Gasteiger partial charge is 0.391 e. The van der Waals surface area contributed by atoms with E-state index >= 15 is 0 Å². The van der Waals surface area contributed by atoms with Crippen molar-refractivity contribution in [2.24, 2.45) is 0 Å². The molecule has 152 valence electrons. The molecule has 0 N–H and O–H groups in total. The molecular formula is C10H4ClF11O4. The molecule has 0 heterocycles. The van der Waals surface area contributed by atoms with Crippen LogP contribution in [0, 0.1) is 0 Å². The molecule has 0 amide bonds. The largest absolute Gasteiger partial charge is 0.453 e. The summed E-state index contributed by atoms with van der Waals surface area (Å²) in [5.41, 5.74) is 0. The van der Waals surface area contributed by atoms with Crippen LogP contribution in [0.5, 0.6) is 0 Å². The summed E-state index contributed by atoms with van der Waals surface area (Å²) >= 11 is 4.83. The number of carbonyl (C=O) groups is 2. The van der Waals surface area contributed by atoms with Gasteiger partial charge < -0.3 is 9.47 Å². The Kier molecular flexibility index (Phi) is 5.18. The van der Waals surface area contributed by atoms with Crippen LogP contribution < -0.4 is 0 Å². The van der Waals surface area contributed by atoms with Gasteiger partial charge in [-0.1, -0.05) is 0 Å². The van der Waals surface area contributed by atoms with Crippen LogP contribution >= 0.6 is 11.6 Å². The van der Waals surface area contributed by atoms with Crippen molar-refractivity contribution in [2.75, 3.05) is 12.5 Å². The molecule has 0 atom stereocenters. The Balaban J connectivity index is 3.42. The van der Waals surface area contributed by atoms with Gasteiger partial charge in [0.25, 0.3) is 0 Å². The molecule has 0 aromatic rings. The number of esters is 2. The monoisotopic (exact) mass is 432 g/mol. The van der Waals surface area contributed by atoms with Crippen LogP contribution in [0.1, 0.15) is 0 Å². The first-order valence-corrected chi connectivity index (χ1v) is 6.40. The third-order valence-electron chi connectivity index (χ3n) is 3.10. The third kappa shape index (κ3) is 2.49. The maximum atomic E-state index is 13.9. The average Bonchev–Trinajstić information content (AvgIpc) is 2.50. The fourth-order valence-corrected chi connectivity index (χ4v) is 1.76. The van der Waals surface area contributed by atoms with E-state index in [1.807, 2.05) is 0 Å². The number of ether oxygens (including phenoxy) is 2. The molecule has 16 heteroatoms. The lowest BCUT2D eigenvalue weighted by molar-refractivity contribution is -0.518. The molecule has 0 aromatic carbocycles. The first-order valence-electron chi connectivity index (χ1n) is 5.86. The molecule has 1 rings (SSSR count). The number of hydrogen-bond donors (Lipinski definition) is 0. The maximum Gasteiger partial charge on any atom is 0.391 e. The minimum atomic E-state index is -7.43. The van der Waals surface area contributed by atoms with Gasteiger partial charge in [0, 0.05) is 0 Å². The van der Waals surface area contributed by atoms with Crippen molar-refractivity contribution in [3.8, 4) is 0 Å². The van der Waals surface area contributed by atoms with Gasteiger partial charge in [0.05, 0.1) is 0 Å². The van der Waals surface area contributed by atoms with Gasteiger partial charge in [-0.3, -0.25) is 4.79 Å². The normalized spacial score (nSPS) is 26.6. The lowest BCUT2D eigenvalue weighted by atomic mass is 9.78. The summed E-state index contributed by atoms with van der Waals surface area (Å²) in [5.74, 6) is -49.1. The zero-order valence-corrected chi connectivity index (χ0v) is 12.3. The van der Waals surface area contributed by atoms with Crippen molar-refractivity contribution in [1.82, 2.24) is 0 Å². The molecule has 1 saturated carbocycles. The van der Waals surface area contributed by atoms with Crippen LogP contribution in [0.2, 0.25) is 0 Å². The molecule has 0 bridgehead atoms. The van der Waals surface area contributed by atoms with Crippen molar-refractivity contribution in [3.05, 3.63) is 0 Å². The van der Waals surface area contributed by atoms with Crippen LogP contribution in [-0.4, -0.2) is 59.9 Å². The van der Waals surface area contributed by atoms with E-state index in [0.717, 1.165) is 0 Å². The second-order valence-corrected chi connectivity index (χ2v) is 5.00. The highest BCUT2D eigenvalue weighted by Crippen LogP contribution is 2.69. The van der Waals surface area contributed by atoms with Crippen molar-refractivity contribution < 1.29 is 67.4 Å². The predicted octanol–water partition coefficient (Wildman–Crippen LogP) is 3.17. The van der Waals surface area contributed by atoms with E-state index < -0.39 is 59.9 Å². The highest BCUT2D eigenvalue weighted by Gasteiger charge is 3.03. The van der Waals surface area contributed by atoms with E-state index in [1.54, 1.807) is 0 Å². The van der Waals surface area contributed by atoms with Crippen LogP contribution in [0.25, 0.3) is 0 Å². The summed E-state index contributed by atoms with van der Waals surface area (Å²) in [6.45, 7) is -2.00. The fourth-order valence-electron chi connectivity index (χ4n) is 1.69. The molecule has 0 spiro atoms. The minimum absolute atomic E-state index is 1.01. The van der Waals surface area contributed by atoms with Crippen molar-refractivity contribution >= 4 is 23.5 Å². The van der Waals surface area contributed by atoms with Gasteiger partial charge in [-0.25, -0.2) is 4.79 Å². The Labute approximate surface area is 140 Å². The molecule has 1 aliphatic carbocycles. The Morgan fingerprint density at radius 3 is 1.35 bits per heavy atom. The molecule has 0 radical (unpaired) electrons. The molecule has 0 aliphatic heterocycles. The van der Waals surface area contributed by atoms with Crippen molar-refractivity contribution in [2.45, 2.75) is 35.5 Å². The Hall–Kier alpha value is -1.54. The first-order chi connectivity index (χ1) is 11.3. The van der Waals surface area contributed by atoms with E-state index in [0.29, 0.717) is 0 Å². The lowest BCUT2D eigenvalue weighted by Crippen LogP contribution is -2.84. The summed E-state index contributed by atoms with van der Waals surface area (Å²) in [6, 6.07) is 0. The number of hydrogen-bond acceptors (Lipinski definition) is 4. The van der Waals surface area contributed by atoms with E-state index in [1.165, 1.54) is 0 Å². The molecule has 1 aliphatic rings. The summed E-state index contributed by atoms with van der Waals surface area (Å²) < 4.78 is 152. The second-order valence-electron chi connectivity index (χ2n) is 4.74. The second kappa shape index (κ2) is 5.99. The molecule has 0 unspecified atom stereocenters. The predicted molar refractivity (Wildman–Crippen MR) is 56.3 cm³/mol. The molecule has 0 saturated heterocycles. The zero-order chi connectivity index (χ0) is 21.0. The first kappa shape index (κ1) is 22.5. The van der Waals surface area contributed by atoms with E-state index in [2.05, 4.69) is 9.47 Å². The van der Waals surface area contributed by atoms with Crippen LogP contribution in [-0.2, 0) is 19.1 Å². The van der Waals surface area contributed by atoms with Gasteiger partial charge in [0.15, 0.2) is 6.61 Å². The summed E-state index contributed by atoms with van der Waals surface area (Å²) in [6.07, 6.45) is 0. The highest BCUT2D eigenvalue weighted by atomic mass is 35.5. The summed E-state index contributed by atoms with van der Waals surface area (Å²) in [7, 11) is 0. The Morgan fingerprint density at radius 1 is 0.654 bits per heavy atom. The molecule has 4 nitrogen and oxygen atoms in total. The standard InChI is InChI=1S/C10H4ClF11O4/c11-1-3(23)25-2-4(24)26-10(22)8(18,19)6(14,15)5(12,13)7(16,17)9(10,20)21/h1-2H2. The molecule has 0 aromatic heterocycles. The SMILES string of the molecule is O=C(CCl)OCC(=O)OC1(F)C(F)(F)C(F)(F)C(F)(F)C(F)(F)C1(F)F. The average molecular weight is 433 g/mol. The van der Waals surface area contributed by atoms with Crippen molar-refractivity contribution in [3.63, 3.8) is 0 Å². The fraction of sp³-hybridized carbons (Fsp3) is 0.800. The summed E-state index contributed by atoms with van der Waals surface area (Å²) in [4.78, 5) is 21.5. The number of rotatable bonds is 4. The Bertz CT molecular complexity index is 576. The molecule has 1 fully saturated rings. The van der Waals surface area contributed by atoms with E-state index in [4.69, 9.17) is 11.6 Å². The number of carbonyl (C=O) groups excluding carboxylic acids is 2. The highest BCUT2D eigenvalue weighted by molar-refractivity contribution is 6.26. The summed E-state index contributed by atoms with van der Waals surface area (Å²) in [5, 5.41) is 0. The van der Waals surface area contributed by atoms with Gasteiger partial charge in [-0.2, -0.15) is 48.3 Å². The van der Waals surface area contributed by atoms with Crippen molar-refractivity contribution in [1.29, 1.82) is 0 Å². The quantitative estimate of drug-likeness (QED) is 0.389. The number of halogens is 12. The van der Waals surface area contributed by atoms with Crippen LogP contribution in [0.4, 0.5) is 48.3 Å².